The van der Waals surface area contributed by atoms with Gasteiger partial charge in [0.2, 0.25) is 0 Å². The van der Waals surface area contributed by atoms with Crippen LogP contribution in [0.15, 0.2) is 36.4 Å². The van der Waals surface area contributed by atoms with Gasteiger partial charge in [-0.1, -0.05) is 18.2 Å². The Balaban J connectivity index is 2.16. The minimum atomic E-state index is -0.969. The minimum absolute atomic E-state index is 0.0283. The molecule has 0 saturated carbocycles. The zero-order chi connectivity index (χ0) is 14.7. The van der Waals surface area contributed by atoms with Gasteiger partial charge in [0, 0.05) is 17.7 Å². The van der Waals surface area contributed by atoms with Gasteiger partial charge in [0.05, 0.1) is 0 Å². The lowest BCUT2D eigenvalue weighted by Crippen LogP contribution is -2.06. The number of carbonyl (C=O) groups is 1. The molecule has 2 rings (SSSR count). The molecule has 2 aromatic rings. The number of benzene rings is 2. The minimum Gasteiger partial charge on any atom is -0.508 e. The Morgan fingerprint density at radius 2 is 1.55 bits per heavy atom. The molecule has 0 amide bonds. The number of phenols is 4. The fraction of sp³-hybridized carbons (Fsp3) is 0.0714. The molecule has 0 heterocycles. The van der Waals surface area contributed by atoms with E-state index in [0.717, 1.165) is 12.1 Å². The number of hydrogen-bond donors (Lipinski definition) is 4. The monoisotopic (exact) mass is 276 g/mol. The highest BCUT2D eigenvalue weighted by atomic mass is 16.5. The summed E-state index contributed by atoms with van der Waals surface area (Å²) in [6.45, 7) is -0.217. The van der Waals surface area contributed by atoms with Gasteiger partial charge in [-0.3, -0.25) is 0 Å². The molecule has 0 bridgehead atoms. The zero-order valence-corrected chi connectivity index (χ0v) is 10.3. The van der Waals surface area contributed by atoms with Crippen LogP contribution in [0.3, 0.4) is 0 Å². The largest absolute Gasteiger partial charge is 0.508 e. The summed E-state index contributed by atoms with van der Waals surface area (Å²) in [5.74, 6) is -2.56. The average molecular weight is 276 g/mol. The van der Waals surface area contributed by atoms with Crippen LogP contribution >= 0.6 is 0 Å². The fourth-order valence-electron chi connectivity index (χ4n) is 1.65. The third-order valence-electron chi connectivity index (χ3n) is 2.64. The molecular formula is C14H12O6. The van der Waals surface area contributed by atoms with Crippen molar-refractivity contribution in [1.29, 1.82) is 0 Å². The number of rotatable bonds is 3. The first kappa shape index (κ1) is 13.5. The Morgan fingerprint density at radius 3 is 2.15 bits per heavy atom. The molecule has 0 aliphatic heterocycles. The van der Waals surface area contributed by atoms with E-state index in [4.69, 9.17) is 9.84 Å². The van der Waals surface area contributed by atoms with E-state index in [9.17, 15) is 20.1 Å². The maximum absolute atomic E-state index is 11.8. The number of ether oxygens (including phenoxy) is 1. The van der Waals surface area contributed by atoms with Crippen molar-refractivity contribution < 1.29 is 30.0 Å². The zero-order valence-electron chi connectivity index (χ0n) is 10.3. The standard InChI is InChI=1S/C14H12O6/c15-9-5-11(17)13(12(18)6-9)14(19)20-7-8-3-1-2-4-10(8)16/h1-6,15-18H,7H2. The normalized spacial score (nSPS) is 10.2. The van der Waals surface area contributed by atoms with Crippen LogP contribution in [0.1, 0.15) is 15.9 Å². The molecule has 20 heavy (non-hydrogen) atoms. The van der Waals surface area contributed by atoms with Crippen molar-refractivity contribution in [3.8, 4) is 23.0 Å². The molecule has 0 saturated heterocycles. The summed E-state index contributed by atoms with van der Waals surface area (Å²) in [6.07, 6.45) is 0. The van der Waals surface area contributed by atoms with Crippen LogP contribution in [0, 0.1) is 0 Å². The number of hydrogen-bond acceptors (Lipinski definition) is 6. The van der Waals surface area contributed by atoms with E-state index in [1.165, 1.54) is 6.07 Å². The summed E-state index contributed by atoms with van der Waals surface area (Å²) < 4.78 is 4.90. The number of aromatic hydroxyl groups is 4. The van der Waals surface area contributed by atoms with Gasteiger partial charge in [0.15, 0.2) is 0 Å². The van der Waals surface area contributed by atoms with E-state index in [1.54, 1.807) is 18.2 Å². The summed E-state index contributed by atoms with van der Waals surface area (Å²) in [5, 5.41) is 37.7. The Hall–Kier alpha value is -2.89. The third-order valence-corrected chi connectivity index (χ3v) is 2.64. The van der Waals surface area contributed by atoms with E-state index in [0.29, 0.717) is 5.56 Å². The molecule has 6 nitrogen and oxygen atoms in total. The second-order valence-electron chi connectivity index (χ2n) is 4.06. The number of esters is 1. The quantitative estimate of drug-likeness (QED) is 0.637. The Kier molecular flexibility index (Phi) is 3.65. The second kappa shape index (κ2) is 5.40. The molecule has 6 heteroatoms. The second-order valence-corrected chi connectivity index (χ2v) is 4.06. The molecule has 0 radical (unpaired) electrons. The summed E-state index contributed by atoms with van der Waals surface area (Å²) in [6, 6.07) is 8.13. The van der Waals surface area contributed by atoms with Crippen LogP contribution in [0.5, 0.6) is 23.0 Å². The first-order chi connectivity index (χ1) is 9.49. The van der Waals surface area contributed by atoms with Crippen molar-refractivity contribution in [2.45, 2.75) is 6.61 Å². The molecular weight excluding hydrogens is 264 g/mol. The summed E-state index contributed by atoms with van der Waals surface area (Å²) in [4.78, 5) is 11.8. The van der Waals surface area contributed by atoms with Crippen molar-refractivity contribution in [3.63, 3.8) is 0 Å². The van der Waals surface area contributed by atoms with Gasteiger partial charge in [-0.25, -0.2) is 4.79 Å². The lowest BCUT2D eigenvalue weighted by molar-refractivity contribution is 0.0463. The summed E-state index contributed by atoms with van der Waals surface area (Å²) in [5.41, 5.74) is -0.0585. The Morgan fingerprint density at radius 1 is 0.950 bits per heavy atom. The van der Waals surface area contributed by atoms with Crippen LogP contribution in [0.2, 0.25) is 0 Å². The average Bonchev–Trinajstić information content (AvgIpc) is 2.36. The van der Waals surface area contributed by atoms with Gasteiger partial charge < -0.3 is 25.2 Å². The van der Waals surface area contributed by atoms with Gasteiger partial charge in [0.1, 0.15) is 35.2 Å². The topological polar surface area (TPSA) is 107 Å². The molecule has 0 fully saturated rings. The SMILES string of the molecule is O=C(OCc1ccccc1O)c1c(O)cc(O)cc1O. The molecule has 2 aromatic carbocycles. The van der Waals surface area contributed by atoms with Crippen LogP contribution in [0.25, 0.3) is 0 Å². The maximum Gasteiger partial charge on any atom is 0.346 e. The van der Waals surface area contributed by atoms with Gasteiger partial charge in [0.25, 0.3) is 0 Å². The van der Waals surface area contributed by atoms with E-state index in [1.807, 2.05) is 0 Å². The molecule has 104 valence electrons. The predicted octanol–water partition coefficient (Wildman–Crippen LogP) is 1.87. The fourth-order valence-corrected chi connectivity index (χ4v) is 1.65. The van der Waals surface area contributed by atoms with Gasteiger partial charge in [-0.15, -0.1) is 0 Å². The Labute approximate surface area is 114 Å². The van der Waals surface area contributed by atoms with Crippen molar-refractivity contribution in [2.75, 3.05) is 0 Å². The Bertz CT molecular complexity index is 627. The number of phenolic OH excluding ortho intramolecular Hbond substituents is 4. The molecule has 0 aromatic heterocycles. The van der Waals surface area contributed by atoms with Gasteiger partial charge in [-0.05, 0) is 6.07 Å². The third kappa shape index (κ3) is 2.74. The van der Waals surface area contributed by atoms with Crippen molar-refractivity contribution in [3.05, 3.63) is 47.5 Å². The van der Waals surface area contributed by atoms with E-state index in [-0.39, 0.29) is 18.1 Å². The van der Waals surface area contributed by atoms with Crippen LogP contribution in [0.4, 0.5) is 0 Å². The van der Waals surface area contributed by atoms with Gasteiger partial charge >= 0.3 is 5.97 Å². The molecule has 0 unspecified atom stereocenters. The number of para-hydroxylation sites is 1. The first-order valence-corrected chi connectivity index (χ1v) is 5.68. The maximum atomic E-state index is 11.8. The molecule has 0 spiro atoms. The molecule has 0 aliphatic carbocycles. The lowest BCUT2D eigenvalue weighted by atomic mass is 10.1. The van der Waals surface area contributed by atoms with E-state index < -0.39 is 23.0 Å². The van der Waals surface area contributed by atoms with Crippen molar-refractivity contribution in [2.24, 2.45) is 0 Å². The highest BCUT2D eigenvalue weighted by molar-refractivity contribution is 5.95. The van der Waals surface area contributed by atoms with Crippen LogP contribution in [-0.4, -0.2) is 26.4 Å². The predicted molar refractivity (Wildman–Crippen MR) is 68.7 cm³/mol. The van der Waals surface area contributed by atoms with E-state index >= 15 is 0 Å². The number of carbonyl (C=O) groups excluding carboxylic acids is 1. The van der Waals surface area contributed by atoms with Crippen molar-refractivity contribution in [1.82, 2.24) is 0 Å². The summed E-state index contributed by atoms with van der Waals surface area (Å²) in [7, 11) is 0. The van der Waals surface area contributed by atoms with E-state index in [2.05, 4.69) is 0 Å². The highest BCUT2D eigenvalue weighted by Crippen LogP contribution is 2.32. The summed E-state index contributed by atoms with van der Waals surface area (Å²) >= 11 is 0. The molecule has 0 aliphatic rings. The van der Waals surface area contributed by atoms with Crippen molar-refractivity contribution >= 4 is 5.97 Å². The smallest absolute Gasteiger partial charge is 0.346 e. The lowest BCUT2D eigenvalue weighted by Gasteiger charge is -2.09. The van der Waals surface area contributed by atoms with Gasteiger partial charge in [-0.2, -0.15) is 0 Å². The van der Waals surface area contributed by atoms with Crippen LogP contribution in [-0.2, 0) is 11.3 Å². The highest BCUT2D eigenvalue weighted by Gasteiger charge is 2.19. The molecule has 4 N–H and O–H groups in total. The van der Waals surface area contributed by atoms with Crippen LogP contribution < -0.4 is 0 Å². The molecule has 0 atom stereocenters. The first-order valence-electron chi connectivity index (χ1n) is 5.68.